The normalized spacial score (nSPS) is 34.2. The minimum Gasteiger partial charge on any atom is -0.459 e. The molecule has 0 amide bonds. The van der Waals surface area contributed by atoms with Crippen LogP contribution in [0.4, 0.5) is 0 Å². The highest BCUT2D eigenvalue weighted by atomic mass is 16.6. The van der Waals surface area contributed by atoms with Gasteiger partial charge in [0.25, 0.3) is 0 Å². The molecule has 2 heterocycles. The summed E-state index contributed by atoms with van der Waals surface area (Å²) in [5.41, 5.74) is 1.08. The maximum absolute atomic E-state index is 12.0. The zero-order valence-electron chi connectivity index (χ0n) is 15.0. The molecule has 6 heteroatoms. The highest BCUT2D eigenvalue weighted by Gasteiger charge is 2.53. The van der Waals surface area contributed by atoms with E-state index in [1.807, 2.05) is 11.9 Å². The van der Waals surface area contributed by atoms with Gasteiger partial charge in [0.1, 0.15) is 18.3 Å². The van der Waals surface area contributed by atoms with Gasteiger partial charge in [0.2, 0.25) is 0 Å². The molecule has 6 nitrogen and oxygen atoms in total. The van der Waals surface area contributed by atoms with Gasteiger partial charge >= 0.3 is 11.9 Å². The molecule has 24 heavy (non-hydrogen) atoms. The first-order valence-electron chi connectivity index (χ1n) is 8.37. The van der Waals surface area contributed by atoms with Crippen molar-refractivity contribution in [3.05, 3.63) is 23.3 Å². The summed E-state index contributed by atoms with van der Waals surface area (Å²) in [6.07, 6.45) is 2.82. The molecule has 0 aromatic rings. The molecular weight excluding hydrogens is 310 g/mol. The van der Waals surface area contributed by atoms with Gasteiger partial charge in [0, 0.05) is 30.0 Å². The van der Waals surface area contributed by atoms with Crippen LogP contribution in [0.1, 0.15) is 40.5 Å². The molecule has 0 aromatic carbocycles. The molecule has 0 radical (unpaired) electrons. The number of carbonyl (C=O) groups excluding carboxylic acids is 2. The number of ether oxygens (including phenoxy) is 2. The van der Waals surface area contributed by atoms with Crippen LogP contribution in [0.15, 0.2) is 23.3 Å². The van der Waals surface area contributed by atoms with Gasteiger partial charge in [0.05, 0.1) is 6.04 Å². The fourth-order valence-electron chi connectivity index (χ4n) is 3.35. The van der Waals surface area contributed by atoms with E-state index in [0.29, 0.717) is 24.0 Å². The van der Waals surface area contributed by atoms with Gasteiger partial charge in [-0.15, -0.1) is 0 Å². The number of rotatable bonds is 4. The highest BCUT2D eigenvalue weighted by molar-refractivity contribution is 5.88. The Balaban J connectivity index is 2.09. The van der Waals surface area contributed by atoms with E-state index in [4.69, 9.17) is 9.47 Å². The standard InChI is InChI=1S/C18H27NO5/c1-6-10(3)17(21)23-12-8-13-15(20)16(14(9-12)19(13)5)24-18(22)11(4)7-2/h6-7,12-16,20H,8-9H2,1-5H3/b10-6+,11-7+. The minimum absolute atomic E-state index is 0.156. The van der Waals surface area contributed by atoms with Crippen molar-refractivity contribution in [2.24, 2.45) is 0 Å². The Morgan fingerprint density at radius 2 is 1.50 bits per heavy atom. The van der Waals surface area contributed by atoms with Gasteiger partial charge < -0.3 is 14.6 Å². The lowest BCUT2D eigenvalue weighted by Crippen LogP contribution is -2.46. The molecular formula is C18H27NO5. The molecule has 5 atom stereocenters. The van der Waals surface area contributed by atoms with E-state index in [1.165, 1.54) is 0 Å². The summed E-state index contributed by atoms with van der Waals surface area (Å²) < 4.78 is 11.1. The molecule has 2 bridgehead atoms. The smallest absolute Gasteiger partial charge is 0.333 e. The lowest BCUT2D eigenvalue weighted by atomic mass is 10.00. The number of carbonyl (C=O) groups is 2. The van der Waals surface area contributed by atoms with Crippen molar-refractivity contribution in [2.75, 3.05) is 7.05 Å². The fraction of sp³-hybridized carbons (Fsp3) is 0.667. The van der Waals surface area contributed by atoms with Crippen LogP contribution in [0.2, 0.25) is 0 Å². The van der Waals surface area contributed by atoms with E-state index in [9.17, 15) is 14.7 Å². The first kappa shape index (κ1) is 18.7. The second-order valence-corrected chi connectivity index (χ2v) is 6.60. The lowest BCUT2D eigenvalue weighted by Gasteiger charge is -2.36. The number of hydrogen-bond acceptors (Lipinski definition) is 6. The molecule has 0 aliphatic carbocycles. The lowest BCUT2D eigenvalue weighted by molar-refractivity contribution is -0.152. The molecule has 0 spiro atoms. The monoisotopic (exact) mass is 337 g/mol. The summed E-state index contributed by atoms with van der Waals surface area (Å²) in [5, 5.41) is 10.5. The number of fused-ring (bicyclic) bond motifs is 2. The molecule has 2 saturated heterocycles. The minimum atomic E-state index is -0.778. The van der Waals surface area contributed by atoms with Crippen molar-refractivity contribution >= 4 is 11.9 Å². The third-order valence-corrected chi connectivity index (χ3v) is 5.19. The number of piperidine rings is 1. The molecule has 0 aromatic heterocycles. The molecule has 1 N–H and O–H groups in total. The van der Waals surface area contributed by atoms with Crippen LogP contribution in [-0.2, 0) is 19.1 Å². The van der Waals surface area contributed by atoms with Crippen molar-refractivity contribution in [1.29, 1.82) is 0 Å². The second kappa shape index (κ2) is 7.49. The van der Waals surface area contributed by atoms with E-state index in [2.05, 4.69) is 0 Å². The third kappa shape index (κ3) is 3.54. The van der Waals surface area contributed by atoms with E-state index in [0.717, 1.165) is 0 Å². The first-order chi connectivity index (χ1) is 11.3. The summed E-state index contributed by atoms with van der Waals surface area (Å²) in [6, 6.07) is -0.341. The quantitative estimate of drug-likeness (QED) is 0.620. The van der Waals surface area contributed by atoms with Crippen LogP contribution in [0.3, 0.4) is 0 Å². The third-order valence-electron chi connectivity index (χ3n) is 5.19. The van der Waals surface area contributed by atoms with Crippen molar-refractivity contribution < 1.29 is 24.2 Å². The van der Waals surface area contributed by atoms with Gasteiger partial charge in [0.15, 0.2) is 0 Å². The number of aliphatic hydroxyl groups is 1. The SMILES string of the molecule is C/C=C(\C)C(=O)OC1CC2C(O)C(OC(=O)/C(C)=C/C)C(C1)N2C. The van der Waals surface area contributed by atoms with Crippen molar-refractivity contribution in [2.45, 2.75) is 70.9 Å². The largest absolute Gasteiger partial charge is 0.459 e. The van der Waals surface area contributed by atoms with E-state index in [-0.39, 0.29) is 24.2 Å². The molecule has 2 fully saturated rings. The van der Waals surface area contributed by atoms with Crippen molar-refractivity contribution in [1.82, 2.24) is 4.90 Å². The predicted molar refractivity (Wildman–Crippen MR) is 89.2 cm³/mol. The average Bonchev–Trinajstić information content (AvgIpc) is 2.70. The molecule has 2 rings (SSSR count). The molecule has 2 aliphatic heterocycles. The molecule has 0 saturated carbocycles. The van der Waals surface area contributed by atoms with E-state index < -0.39 is 18.2 Å². The predicted octanol–water partition coefficient (Wildman–Crippen LogP) is 1.58. The van der Waals surface area contributed by atoms with E-state index in [1.54, 1.807) is 39.8 Å². The number of aliphatic hydroxyl groups excluding tert-OH is 1. The number of esters is 2. The van der Waals surface area contributed by atoms with Crippen molar-refractivity contribution in [3.63, 3.8) is 0 Å². The van der Waals surface area contributed by atoms with Crippen LogP contribution in [0.5, 0.6) is 0 Å². The van der Waals surface area contributed by atoms with Gasteiger partial charge in [-0.2, -0.15) is 0 Å². The summed E-state index contributed by atoms with van der Waals surface area (Å²) in [6.45, 7) is 6.96. The van der Waals surface area contributed by atoms with E-state index >= 15 is 0 Å². The Labute approximate surface area is 143 Å². The van der Waals surface area contributed by atoms with Gasteiger partial charge in [-0.25, -0.2) is 9.59 Å². The number of nitrogens with zero attached hydrogens (tertiary/aromatic N) is 1. The van der Waals surface area contributed by atoms with Crippen LogP contribution >= 0.6 is 0 Å². The van der Waals surface area contributed by atoms with Crippen LogP contribution in [0, 0.1) is 0 Å². The Hall–Kier alpha value is -1.66. The maximum atomic E-state index is 12.0. The topological polar surface area (TPSA) is 76.1 Å². The Kier molecular flexibility index (Phi) is 5.83. The van der Waals surface area contributed by atoms with Gasteiger partial charge in [-0.1, -0.05) is 12.2 Å². The Morgan fingerprint density at radius 3 is 2.04 bits per heavy atom. The summed E-state index contributed by atoms with van der Waals surface area (Å²) in [7, 11) is 1.91. The van der Waals surface area contributed by atoms with Crippen LogP contribution in [0.25, 0.3) is 0 Å². The summed E-state index contributed by atoms with van der Waals surface area (Å²) in [5.74, 6) is -0.750. The van der Waals surface area contributed by atoms with Gasteiger partial charge in [-0.05, 0) is 34.7 Å². The second-order valence-electron chi connectivity index (χ2n) is 6.60. The average molecular weight is 337 g/mol. The number of likely N-dealkylation sites (N-methyl/N-ethyl adjacent to an activating group) is 1. The Bertz CT molecular complexity index is 568. The number of hydrogen-bond donors (Lipinski definition) is 1. The van der Waals surface area contributed by atoms with Crippen molar-refractivity contribution in [3.8, 4) is 0 Å². The summed E-state index contributed by atoms with van der Waals surface area (Å²) in [4.78, 5) is 26.0. The maximum Gasteiger partial charge on any atom is 0.333 e. The molecule has 5 unspecified atom stereocenters. The Morgan fingerprint density at radius 1 is 1.00 bits per heavy atom. The molecule has 2 aliphatic rings. The first-order valence-corrected chi connectivity index (χ1v) is 8.37. The zero-order valence-corrected chi connectivity index (χ0v) is 15.0. The fourth-order valence-corrected chi connectivity index (χ4v) is 3.35. The highest BCUT2D eigenvalue weighted by Crippen LogP contribution is 2.38. The number of allylic oxidation sites excluding steroid dienone is 2. The van der Waals surface area contributed by atoms with Crippen LogP contribution in [-0.4, -0.2) is 59.4 Å². The summed E-state index contributed by atoms with van der Waals surface area (Å²) >= 11 is 0. The van der Waals surface area contributed by atoms with Gasteiger partial charge in [-0.3, -0.25) is 4.90 Å². The van der Waals surface area contributed by atoms with Crippen LogP contribution < -0.4 is 0 Å². The zero-order chi connectivity index (χ0) is 18.0. The molecule has 134 valence electrons.